The van der Waals surface area contributed by atoms with Gasteiger partial charge >= 0.3 is 13.6 Å². The van der Waals surface area contributed by atoms with Crippen molar-refractivity contribution in [3.63, 3.8) is 0 Å². The Morgan fingerprint density at radius 2 is 1.51 bits per heavy atom. The van der Waals surface area contributed by atoms with Gasteiger partial charge in [-0.3, -0.25) is 14.2 Å². The Morgan fingerprint density at radius 3 is 2.14 bits per heavy atom. The lowest BCUT2D eigenvalue weighted by Crippen LogP contribution is -2.61. The predicted octanol–water partition coefficient (Wildman–Crippen LogP) is 2.64. The molecule has 2 fully saturated rings. The third-order valence-corrected chi connectivity index (χ3v) is 10.8. The Morgan fingerprint density at radius 1 is 0.863 bits per heavy atom. The van der Waals surface area contributed by atoms with Gasteiger partial charge in [0.25, 0.3) is 0 Å². The molecule has 6 rings (SSSR count). The normalized spacial score (nSPS) is 24.9. The number of aliphatic hydroxyl groups is 3. The molecule has 6 N–H and O–H groups in total. The molecule has 2 heterocycles. The van der Waals surface area contributed by atoms with Gasteiger partial charge in [0.1, 0.15) is 35.1 Å². The molecule has 266 valence electrons. The fraction of sp³-hybridized carbons (Fsp3) is 0.229. The number of rotatable bonds is 11. The quantitative estimate of drug-likeness (QED) is 0.0743. The number of ketones is 1. The number of aliphatic carboxylic acids is 1. The van der Waals surface area contributed by atoms with Crippen LogP contribution in [0.2, 0.25) is 0 Å². The first kappa shape index (κ1) is 36.4. The molecule has 0 radical (unpaired) electrons. The SMILES string of the molecule is O=C(CS[C@H]1C(=O)N(c2ccccc2)[C@@H]1c1ccc(-c2ccc(P(=O)(O)O)cc2)cc1O[C@@H]1OC(C(=O)O)C(O)[C@H](O)C1O)c1ccc(F)cc1. The molecule has 7 atom stereocenters. The highest BCUT2D eigenvalue weighted by atomic mass is 32.2. The van der Waals surface area contributed by atoms with E-state index in [9.17, 15) is 53.6 Å². The van der Waals surface area contributed by atoms with E-state index in [-0.39, 0.29) is 34.1 Å². The van der Waals surface area contributed by atoms with Crippen molar-refractivity contribution in [2.24, 2.45) is 0 Å². The van der Waals surface area contributed by atoms with Crippen LogP contribution in [0.15, 0.2) is 97.1 Å². The lowest BCUT2D eigenvalue weighted by atomic mass is 9.90. The van der Waals surface area contributed by atoms with Crippen LogP contribution in [-0.2, 0) is 18.9 Å². The number of anilines is 1. The van der Waals surface area contributed by atoms with Crippen LogP contribution in [0, 0.1) is 5.82 Å². The summed E-state index contributed by atoms with van der Waals surface area (Å²) < 4.78 is 36.7. The number of hydrogen-bond donors (Lipinski definition) is 6. The Hall–Kier alpha value is -4.44. The van der Waals surface area contributed by atoms with Crippen LogP contribution in [0.5, 0.6) is 5.75 Å². The van der Waals surface area contributed by atoms with Crippen LogP contribution in [0.3, 0.4) is 0 Å². The topological polar surface area (TPSA) is 211 Å². The summed E-state index contributed by atoms with van der Waals surface area (Å²) in [7, 11) is -4.54. The summed E-state index contributed by atoms with van der Waals surface area (Å²) in [4.78, 5) is 59.2. The minimum Gasteiger partial charge on any atom is -0.479 e. The van der Waals surface area contributed by atoms with Gasteiger partial charge in [0.2, 0.25) is 12.2 Å². The molecule has 0 aliphatic carbocycles. The molecule has 4 aromatic carbocycles. The van der Waals surface area contributed by atoms with Gasteiger partial charge < -0.3 is 44.6 Å². The molecular weight excluding hydrogens is 708 g/mol. The number of aliphatic hydroxyl groups excluding tert-OH is 3. The van der Waals surface area contributed by atoms with Crippen molar-refractivity contribution in [2.75, 3.05) is 10.7 Å². The number of carboxylic acid groups (broad SMARTS) is 1. The summed E-state index contributed by atoms with van der Waals surface area (Å²) in [5.41, 5.74) is 2.02. The number of thioether (sulfide) groups is 1. The number of carbonyl (C=O) groups excluding carboxylic acids is 2. The monoisotopic (exact) mass is 739 g/mol. The average molecular weight is 740 g/mol. The maximum atomic E-state index is 13.7. The minimum atomic E-state index is -4.54. The number of halogens is 1. The molecule has 1 amide bonds. The second-order valence-corrected chi connectivity index (χ2v) is 14.6. The maximum absolute atomic E-state index is 13.7. The molecule has 2 saturated heterocycles. The smallest absolute Gasteiger partial charge is 0.356 e. The molecule has 16 heteroatoms. The summed E-state index contributed by atoms with van der Waals surface area (Å²) >= 11 is 1.05. The Labute approximate surface area is 294 Å². The number of benzene rings is 4. The van der Waals surface area contributed by atoms with Gasteiger partial charge in [-0.2, -0.15) is 0 Å². The second kappa shape index (κ2) is 14.7. The molecule has 3 unspecified atom stereocenters. The van der Waals surface area contributed by atoms with Crippen LogP contribution in [0.1, 0.15) is 22.0 Å². The molecule has 51 heavy (non-hydrogen) atoms. The lowest BCUT2D eigenvalue weighted by Gasteiger charge is -2.47. The van der Waals surface area contributed by atoms with Gasteiger partial charge in [0.15, 0.2) is 11.9 Å². The van der Waals surface area contributed by atoms with Gasteiger partial charge in [-0.15, -0.1) is 11.8 Å². The number of hydrogen-bond acceptors (Lipinski definition) is 10. The number of amides is 1. The number of ether oxygens (including phenoxy) is 2. The van der Waals surface area contributed by atoms with E-state index < -0.39 is 61.4 Å². The van der Waals surface area contributed by atoms with Crippen molar-refractivity contribution in [1.82, 2.24) is 0 Å². The molecule has 0 bridgehead atoms. The first-order valence-corrected chi connectivity index (χ1v) is 18.1. The molecule has 13 nitrogen and oxygen atoms in total. The summed E-state index contributed by atoms with van der Waals surface area (Å²) in [5.74, 6) is -2.99. The van der Waals surface area contributed by atoms with E-state index >= 15 is 0 Å². The van der Waals surface area contributed by atoms with Crippen LogP contribution >= 0.6 is 19.4 Å². The second-order valence-electron chi connectivity index (χ2n) is 11.8. The van der Waals surface area contributed by atoms with E-state index in [0.717, 1.165) is 23.9 Å². The number of carbonyl (C=O) groups is 3. The highest BCUT2D eigenvalue weighted by molar-refractivity contribution is 8.01. The number of carboxylic acids is 1. The van der Waals surface area contributed by atoms with Crippen LogP contribution in [0.25, 0.3) is 11.1 Å². The van der Waals surface area contributed by atoms with E-state index in [2.05, 4.69) is 0 Å². The molecule has 0 saturated carbocycles. The van der Waals surface area contributed by atoms with Crippen LogP contribution < -0.4 is 14.9 Å². The van der Waals surface area contributed by atoms with Gasteiger partial charge in [0.05, 0.1) is 17.1 Å². The maximum Gasteiger partial charge on any atom is 0.356 e. The van der Waals surface area contributed by atoms with Crippen molar-refractivity contribution >= 4 is 48.0 Å². The third-order valence-electron chi connectivity index (χ3n) is 8.57. The number of nitrogens with zero attached hydrogens (tertiary/aromatic N) is 1. The van der Waals surface area contributed by atoms with E-state index in [4.69, 9.17) is 9.47 Å². The standard InChI is InChI=1S/C35H31FNO12PS/c36-21-11-6-19(7-12-21)25(38)17-51-32-27(37(33(32)42)22-4-2-1-3-5-22)24-15-10-20(18-8-13-23(14-9-18)50(45,46)47)16-26(24)48-35-30(41)28(39)29(40)31(49-35)34(43)44/h1-16,27-32,35,39-41H,17H2,(H,43,44)(H2,45,46,47)/t27-,28+,29?,30?,31?,32-,35-/m1/s1. The van der Waals surface area contributed by atoms with Gasteiger partial charge in [-0.05, 0) is 65.7 Å². The van der Waals surface area contributed by atoms with Crippen molar-refractivity contribution in [3.05, 3.63) is 114 Å². The zero-order valence-corrected chi connectivity index (χ0v) is 28.0. The highest BCUT2D eigenvalue weighted by Gasteiger charge is 2.52. The summed E-state index contributed by atoms with van der Waals surface area (Å²) in [6.07, 6.45) is -9.65. The average Bonchev–Trinajstić information content (AvgIpc) is 3.11. The van der Waals surface area contributed by atoms with Crippen LogP contribution in [-0.4, -0.2) is 89.6 Å². The molecular formula is C35H31FNO12PS. The summed E-state index contributed by atoms with van der Waals surface area (Å²) in [6.45, 7) is 0. The van der Waals surface area contributed by atoms with Crippen LogP contribution in [0.4, 0.5) is 10.1 Å². The zero-order valence-electron chi connectivity index (χ0n) is 26.3. The predicted molar refractivity (Wildman–Crippen MR) is 182 cm³/mol. The van der Waals surface area contributed by atoms with Crippen molar-refractivity contribution < 1.29 is 63.0 Å². The van der Waals surface area contributed by atoms with Gasteiger partial charge in [0, 0.05) is 16.8 Å². The zero-order chi connectivity index (χ0) is 36.6. The minimum absolute atomic E-state index is 0.0303. The Balaban J connectivity index is 1.41. The van der Waals surface area contributed by atoms with E-state index in [1.165, 1.54) is 47.4 Å². The molecule has 2 aliphatic heterocycles. The molecule has 0 spiro atoms. The summed E-state index contributed by atoms with van der Waals surface area (Å²) in [6, 6.07) is 23.0. The molecule has 0 aromatic heterocycles. The highest BCUT2D eigenvalue weighted by Crippen LogP contribution is 2.49. The van der Waals surface area contributed by atoms with Gasteiger partial charge in [-0.1, -0.05) is 42.5 Å². The first-order valence-electron chi connectivity index (χ1n) is 15.4. The fourth-order valence-electron chi connectivity index (χ4n) is 5.87. The van der Waals surface area contributed by atoms with Gasteiger partial charge in [-0.25, -0.2) is 9.18 Å². The number of β-lactam (4-membered cyclic amide) rings is 1. The van der Waals surface area contributed by atoms with E-state index in [0.29, 0.717) is 22.4 Å². The Kier molecular flexibility index (Phi) is 10.4. The number of para-hydroxylation sites is 1. The van der Waals surface area contributed by atoms with E-state index in [1.54, 1.807) is 42.5 Å². The van der Waals surface area contributed by atoms with Crippen molar-refractivity contribution in [2.45, 2.75) is 42.0 Å². The van der Waals surface area contributed by atoms with Crippen molar-refractivity contribution in [3.8, 4) is 16.9 Å². The molecule has 4 aromatic rings. The third kappa shape index (κ3) is 7.47. The van der Waals surface area contributed by atoms with Crippen molar-refractivity contribution in [1.29, 1.82) is 0 Å². The van der Waals surface area contributed by atoms with E-state index in [1.807, 2.05) is 0 Å². The molecule has 2 aliphatic rings. The number of Topliss-reactive ketones (excluding diaryl/α,β-unsaturated/α-hetero) is 1. The fourth-order valence-corrected chi connectivity index (χ4v) is 7.61. The first-order chi connectivity index (χ1) is 24.2. The lowest BCUT2D eigenvalue weighted by molar-refractivity contribution is -0.271. The largest absolute Gasteiger partial charge is 0.479 e. The Bertz CT molecular complexity index is 1980. The summed E-state index contributed by atoms with van der Waals surface area (Å²) in [5, 5.41) is 40.0.